The van der Waals surface area contributed by atoms with Gasteiger partial charge in [0.15, 0.2) is 5.78 Å². The Hall–Kier alpha value is -1.90. The third kappa shape index (κ3) is 1.49. The number of carbonyl (C=O) groups excluding carboxylic acids is 1. The largest absolute Gasteiger partial charge is 0.367 e. The zero-order valence-electron chi connectivity index (χ0n) is 6.90. The van der Waals surface area contributed by atoms with Crippen LogP contribution in [0.3, 0.4) is 0 Å². The van der Waals surface area contributed by atoms with Gasteiger partial charge >= 0.3 is 0 Å². The number of hydrogen-bond donors (Lipinski definition) is 1. The number of rotatable bonds is 2. The Kier molecular flexibility index (Phi) is 1.92. The summed E-state index contributed by atoms with van der Waals surface area (Å²) in [4.78, 5) is 18.4. The molecule has 0 atom stereocenters. The maximum atomic E-state index is 11.7. The van der Waals surface area contributed by atoms with Crippen molar-refractivity contribution in [1.29, 1.82) is 0 Å². The third-order valence-corrected chi connectivity index (χ3v) is 1.80. The predicted octanol–water partition coefficient (Wildman–Crippen LogP) is 1.64. The van der Waals surface area contributed by atoms with E-state index in [0.717, 1.165) is 0 Å². The Morgan fingerprint density at radius 3 is 2.54 bits per heavy atom. The number of aromatic nitrogens is 2. The summed E-state index contributed by atoms with van der Waals surface area (Å²) in [6.07, 6.45) is 6.64. The van der Waals surface area contributed by atoms with E-state index in [1.165, 1.54) is 0 Å². The summed E-state index contributed by atoms with van der Waals surface area (Å²) >= 11 is 0. The van der Waals surface area contributed by atoms with Crippen molar-refractivity contribution < 1.29 is 4.79 Å². The van der Waals surface area contributed by atoms with Gasteiger partial charge < -0.3 is 4.98 Å². The molecule has 13 heavy (non-hydrogen) atoms. The van der Waals surface area contributed by atoms with Gasteiger partial charge in [-0.3, -0.25) is 9.78 Å². The number of pyridine rings is 1. The first-order valence-electron chi connectivity index (χ1n) is 3.95. The van der Waals surface area contributed by atoms with Crippen molar-refractivity contribution in [3.8, 4) is 0 Å². The smallest absolute Gasteiger partial charge is 0.194 e. The van der Waals surface area contributed by atoms with E-state index in [4.69, 9.17) is 0 Å². The maximum absolute atomic E-state index is 11.7. The fraction of sp³-hybridized carbons (Fsp3) is 0. The highest BCUT2D eigenvalue weighted by molar-refractivity contribution is 6.08. The minimum absolute atomic E-state index is 0.0173. The monoisotopic (exact) mass is 172 g/mol. The van der Waals surface area contributed by atoms with Gasteiger partial charge in [-0.2, -0.15) is 0 Å². The van der Waals surface area contributed by atoms with Gasteiger partial charge in [0.1, 0.15) is 0 Å². The Balaban J connectivity index is 2.34. The summed E-state index contributed by atoms with van der Waals surface area (Å²) in [6.45, 7) is 0. The maximum Gasteiger partial charge on any atom is 0.194 e. The quantitative estimate of drug-likeness (QED) is 0.700. The van der Waals surface area contributed by atoms with E-state index >= 15 is 0 Å². The molecule has 0 aliphatic rings. The van der Waals surface area contributed by atoms with Gasteiger partial charge in [-0.1, -0.05) is 0 Å². The normalized spacial score (nSPS) is 9.85. The topological polar surface area (TPSA) is 45.8 Å². The minimum Gasteiger partial charge on any atom is -0.367 e. The van der Waals surface area contributed by atoms with Gasteiger partial charge in [0.2, 0.25) is 0 Å². The SMILES string of the molecule is O=C(c1ccncc1)c1cc[nH]c1. The summed E-state index contributed by atoms with van der Waals surface area (Å²) < 4.78 is 0. The minimum atomic E-state index is 0.0173. The first-order valence-corrected chi connectivity index (χ1v) is 3.95. The molecule has 0 aliphatic heterocycles. The number of carbonyl (C=O) groups is 1. The van der Waals surface area contributed by atoms with E-state index in [1.807, 2.05) is 0 Å². The first kappa shape index (κ1) is 7.73. The van der Waals surface area contributed by atoms with Crippen LogP contribution in [0.25, 0.3) is 0 Å². The molecule has 0 amide bonds. The van der Waals surface area contributed by atoms with Crippen molar-refractivity contribution in [2.24, 2.45) is 0 Å². The van der Waals surface area contributed by atoms with Crippen molar-refractivity contribution in [2.75, 3.05) is 0 Å². The van der Waals surface area contributed by atoms with Gasteiger partial charge in [-0.15, -0.1) is 0 Å². The standard InChI is InChI=1S/C10H8N2O/c13-10(9-3-6-12-7-9)8-1-4-11-5-2-8/h1-7,12H. The molecule has 2 heterocycles. The molecule has 2 aromatic heterocycles. The fourth-order valence-corrected chi connectivity index (χ4v) is 1.14. The van der Waals surface area contributed by atoms with Crippen molar-refractivity contribution >= 4 is 5.78 Å². The fourth-order valence-electron chi connectivity index (χ4n) is 1.14. The molecule has 1 N–H and O–H groups in total. The van der Waals surface area contributed by atoms with Gasteiger partial charge in [-0.05, 0) is 18.2 Å². The summed E-state index contributed by atoms with van der Waals surface area (Å²) in [5.41, 5.74) is 1.33. The second kappa shape index (κ2) is 3.23. The molecule has 0 fully saturated rings. The van der Waals surface area contributed by atoms with Crippen LogP contribution in [0.1, 0.15) is 15.9 Å². The molecule has 0 unspecified atom stereocenters. The third-order valence-electron chi connectivity index (χ3n) is 1.80. The summed E-state index contributed by atoms with van der Waals surface area (Å²) in [6, 6.07) is 5.16. The summed E-state index contributed by atoms with van der Waals surface area (Å²) in [7, 11) is 0. The zero-order chi connectivity index (χ0) is 9.10. The lowest BCUT2D eigenvalue weighted by molar-refractivity contribution is 0.103. The second-order valence-electron chi connectivity index (χ2n) is 2.66. The second-order valence-corrected chi connectivity index (χ2v) is 2.66. The zero-order valence-corrected chi connectivity index (χ0v) is 6.90. The van der Waals surface area contributed by atoms with Crippen LogP contribution in [0.4, 0.5) is 0 Å². The van der Waals surface area contributed by atoms with Crippen LogP contribution >= 0.6 is 0 Å². The molecule has 0 saturated heterocycles. The molecule has 3 heteroatoms. The molecule has 0 bridgehead atoms. The van der Waals surface area contributed by atoms with Crippen LogP contribution in [-0.4, -0.2) is 15.8 Å². The van der Waals surface area contributed by atoms with Crippen molar-refractivity contribution in [3.63, 3.8) is 0 Å². The number of nitrogens with zero attached hydrogens (tertiary/aromatic N) is 1. The molecule has 0 saturated carbocycles. The van der Waals surface area contributed by atoms with E-state index in [0.29, 0.717) is 11.1 Å². The lowest BCUT2D eigenvalue weighted by Crippen LogP contribution is -1.98. The number of hydrogen-bond acceptors (Lipinski definition) is 2. The molecule has 0 aromatic carbocycles. The lowest BCUT2D eigenvalue weighted by atomic mass is 10.1. The number of ketones is 1. The Labute approximate surface area is 75.4 Å². The van der Waals surface area contributed by atoms with E-state index in [2.05, 4.69) is 9.97 Å². The Morgan fingerprint density at radius 1 is 1.15 bits per heavy atom. The predicted molar refractivity (Wildman–Crippen MR) is 48.5 cm³/mol. The molecule has 2 aromatic rings. The van der Waals surface area contributed by atoms with Crippen molar-refractivity contribution in [3.05, 3.63) is 54.1 Å². The van der Waals surface area contributed by atoms with Gasteiger partial charge in [0.25, 0.3) is 0 Å². The van der Waals surface area contributed by atoms with Crippen molar-refractivity contribution in [1.82, 2.24) is 9.97 Å². The van der Waals surface area contributed by atoms with Gasteiger partial charge in [0.05, 0.1) is 0 Å². The highest BCUT2D eigenvalue weighted by Gasteiger charge is 2.07. The molecular formula is C10H8N2O. The first-order chi connectivity index (χ1) is 6.38. The van der Waals surface area contributed by atoms with E-state index in [9.17, 15) is 4.79 Å². The average Bonchev–Trinajstić information content (AvgIpc) is 2.71. The van der Waals surface area contributed by atoms with Crippen LogP contribution in [0, 0.1) is 0 Å². The molecule has 0 aliphatic carbocycles. The van der Waals surface area contributed by atoms with Crippen molar-refractivity contribution in [2.45, 2.75) is 0 Å². The van der Waals surface area contributed by atoms with E-state index in [-0.39, 0.29) is 5.78 Å². The van der Waals surface area contributed by atoms with E-state index < -0.39 is 0 Å². The van der Waals surface area contributed by atoms with Crippen LogP contribution in [0.2, 0.25) is 0 Å². The average molecular weight is 172 g/mol. The van der Waals surface area contributed by atoms with Gasteiger partial charge in [0, 0.05) is 35.9 Å². The highest BCUT2D eigenvalue weighted by atomic mass is 16.1. The molecule has 0 radical (unpaired) electrons. The van der Waals surface area contributed by atoms with Crippen LogP contribution in [0.5, 0.6) is 0 Å². The molecule has 3 nitrogen and oxygen atoms in total. The summed E-state index contributed by atoms with van der Waals surface area (Å²) in [5.74, 6) is 0.0173. The molecule has 2 rings (SSSR count). The number of nitrogens with one attached hydrogen (secondary N) is 1. The molecule has 64 valence electrons. The lowest BCUT2D eigenvalue weighted by Gasteiger charge is -1.95. The Morgan fingerprint density at radius 2 is 1.92 bits per heavy atom. The molecular weight excluding hydrogens is 164 g/mol. The number of aromatic amines is 1. The highest BCUT2D eigenvalue weighted by Crippen LogP contribution is 2.06. The Bertz CT molecular complexity index is 392. The van der Waals surface area contributed by atoms with E-state index in [1.54, 1.807) is 43.0 Å². The summed E-state index contributed by atoms with van der Waals surface area (Å²) in [5, 5.41) is 0. The van der Waals surface area contributed by atoms with Crippen LogP contribution in [-0.2, 0) is 0 Å². The van der Waals surface area contributed by atoms with Crippen LogP contribution < -0.4 is 0 Å². The molecule has 0 spiro atoms. The number of H-pyrrole nitrogens is 1. The van der Waals surface area contributed by atoms with Crippen LogP contribution in [0.15, 0.2) is 43.0 Å². The van der Waals surface area contributed by atoms with Gasteiger partial charge in [-0.25, -0.2) is 0 Å².